The maximum Gasteiger partial charge on any atom is 0.143 e. The quantitative estimate of drug-likeness (QED) is 0.217. The van der Waals surface area contributed by atoms with Gasteiger partial charge in [-0.25, -0.2) is 0 Å². The van der Waals surface area contributed by atoms with Crippen LogP contribution in [0.15, 0.2) is 168 Å². The van der Waals surface area contributed by atoms with E-state index in [0.717, 1.165) is 49.8 Å². The average molecular weight is 538 g/mol. The molecule has 198 valence electrons. The number of anilines is 3. The second-order valence-electron chi connectivity index (χ2n) is 10.6. The Balaban J connectivity index is 1.20. The molecule has 0 aliphatic carbocycles. The second-order valence-corrected chi connectivity index (χ2v) is 10.6. The topological polar surface area (TPSA) is 16.4 Å². The van der Waals surface area contributed by atoms with Crippen molar-refractivity contribution in [1.82, 2.24) is 0 Å². The van der Waals surface area contributed by atoms with Crippen LogP contribution in [0.25, 0.3) is 55.0 Å². The molecule has 7 aromatic carbocycles. The fourth-order valence-corrected chi connectivity index (χ4v) is 5.94. The Hall–Kier alpha value is -5.60. The molecule has 1 heterocycles. The maximum absolute atomic E-state index is 6.39. The van der Waals surface area contributed by atoms with Crippen LogP contribution in [0.5, 0.6) is 0 Å². The first-order chi connectivity index (χ1) is 20.8. The van der Waals surface area contributed by atoms with E-state index < -0.39 is 0 Å². The fraction of sp³-hybridized carbons (Fsp3) is 0. The number of para-hydroxylation sites is 2. The third-order valence-corrected chi connectivity index (χ3v) is 8.07. The lowest BCUT2D eigenvalue weighted by Crippen LogP contribution is -2.09. The van der Waals surface area contributed by atoms with E-state index in [2.05, 4.69) is 157 Å². The van der Waals surface area contributed by atoms with Gasteiger partial charge in [0.1, 0.15) is 11.2 Å². The van der Waals surface area contributed by atoms with Crippen LogP contribution in [0.1, 0.15) is 0 Å². The Morgan fingerprint density at radius 3 is 1.60 bits per heavy atom. The van der Waals surface area contributed by atoms with E-state index in [1.54, 1.807) is 0 Å². The van der Waals surface area contributed by atoms with Crippen LogP contribution in [0, 0.1) is 0 Å². The van der Waals surface area contributed by atoms with Gasteiger partial charge in [-0.1, -0.05) is 115 Å². The number of nitrogens with zero attached hydrogens (tertiary/aromatic N) is 1. The Kier molecular flexibility index (Phi) is 5.82. The molecular formula is C40H27NO. The van der Waals surface area contributed by atoms with Crippen molar-refractivity contribution in [2.45, 2.75) is 0 Å². The molecule has 0 radical (unpaired) electrons. The van der Waals surface area contributed by atoms with Crippen LogP contribution in [0.3, 0.4) is 0 Å². The molecule has 0 atom stereocenters. The lowest BCUT2D eigenvalue weighted by atomic mass is 10.00. The minimum Gasteiger partial charge on any atom is -0.455 e. The van der Waals surface area contributed by atoms with Crippen molar-refractivity contribution in [1.29, 1.82) is 0 Å². The van der Waals surface area contributed by atoms with Gasteiger partial charge in [0, 0.05) is 33.2 Å². The van der Waals surface area contributed by atoms with Crippen molar-refractivity contribution >= 4 is 49.8 Å². The highest BCUT2D eigenvalue weighted by atomic mass is 16.3. The number of hydrogen-bond acceptors (Lipinski definition) is 2. The van der Waals surface area contributed by atoms with Crippen molar-refractivity contribution in [3.05, 3.63) is 164 Å². The van der Waals surface area contributed by atoms with Crippen LogP contribution in [-0.4, -0.2) is 0 Å². The van der Waals surface area contributed by atoms with E-state index >= 15 is 0 Å². The Labute approximate surface area is 244 Å². The largest absolute Gasteiger partial charge is 0.455 e. The lowest BCUT2D eigenvalue weighted by molar-refractivity contribution is 0.672. The molecule has 0 unspecified atom stereocenters. The zero-order chi connectivity index (χ0) is 27.9. The average Bonchev–Trinajstić information content (AvgIpc) is 3.46. The van der Waals surface area contributed by atoms with Gasteiger partial charge in [0.05, 0.1) is 0 Å². The Bertz CT molecular complexity index is 2160. The smallest absolute Gasteiger partial charge is 0.143 e. The Morgan fingerprint density at radius 1 is 0.357 bits per heavy atom. The molecule has 8 aromatic rings. The highest BCUT2D eigenvalue weighted by Crippen LogP contribution is 2.40. The summed E-state index contributed by atoms with van der Waals surface area (Å²) in [6.07, 6.45) is 0. The summed E-state index contributed by atoms with van der Waals surface area (Å²) in [6.45, 7) is 0. The number of furan rings is 1. The van der Waals surface area contributed by atoms with Gasteiger partial charge in [-0.3, -0.25) is 0 Å². The highest BCUT2D eigenvalue weighted by Gasteiger charge is 2.16. The molecule has 0 amide bonds. The SMILES string of the molecule is c1ccc(-c2ccc(-c3ccc(N(c4ccccc4)c4ccc5ccc6c7ccccc7oc6c5c4)cc3)cc2)cc1. The summed E-state index contributed by atoms with van der Waals surface area (Å²) in [5.74, 6) is 0. The van der Waals surface area contributed by atoms with Crippen molar-refractivity contribution in [3.8, 4) is 22.3 Å². The number of rotatable bonds is 5. The van der Waals surface area contributed by atoms with Gasteiger partial charge in [0.2, 0.25) is 0 Å². The summed E-state index contributed by atoms with van der Waals surface area (Å²) < 4.78 is 6.39. The molecule has 0 saturated heterocycles. The summed E-state index contributed by atoms with van der Waals surface area (Å²) >= 11 is 0. The first-order valence-electron chi connectivity index (χ1n) is 14.3. The van der Waals surface area contributed by atoms with Gasteiger partial charge in [-0.2, -0.15) is 0 Å². The molecular weight excluding hydrogens is 510 g/mol. The summed E-state index contributed by atoms with van der Waals surface area (Å²) in [5.41, 5.74) is 9.97. The molecule has 42 heavy (non-hydrogen) atoms. The summed E-state index contributed by atoms with van der Waals surface area (Å²) in [7, 11) is 0. The second kappa shape index (κ2) is 10.1. The first kappa shape index (κ1) is 24.2. The van der Waals surface area contributed by atoms with Gasteiger partial charge in [0.15, 0.2) is 0 Å². The predicted octanol–water partition coefficient (Wildman–Crippen LogP) is 11.5. The van der Waals surface area contributed by atoms with Crippen molar-refractivity contribution < 1.29 is 4.42 Å². The van der Waals surface area contributed by atoms with Gasteiger partial charge in [0.25, 0.3) is 0 Å². The van der Waals surface area contributed by atoms with Crippen LogP contribution in [-0.2, 0) is 0 Å². The molecule has 0 N–H and O–H groups in total. The van der Waals surface area contributed by atoms with E-state index in [1.807, 2.05) is 12.1 Å². The minimum absolute atomic E-state index is 0.915. The van der Waals surface area contributed by atoms with E-state index in [-0.39, 0.29) is 0 Å². The molecule has 2 heteroatoms. The van der Waals surface area contributed by atoms with Crippen LogP contribution in [0.2, 0.25) is 0 Å². The molecule has 0 fully saturated rings. The van der Waals surface area contributed by atoms with Crippen molar-refractivity contribution in [2.75, 3.05) is 4.90 Å². The highest BCUT2D eigenvalue weighted by molar-refractivity contribution is 6.15. The van der Waals surface area contributed by atoms with Crippen molar-refractivity contribution in [3.63, 3.8) is 0 Å². The Morgan fingerprint density at radius 2 is 0.881 bits per heavy atom. The molecule has 0 aliphatic heterocycles. The third kappa shape index (κ3) is 4.22. The number of benzene rings is 7. The summed E-state index contributed by atoms with van der Waals surface area (Å²) in [4.78, 5) is 2.31. The van der Waals surface area contributed by atoms with Crippen LogP contribution < -0.4 is 4.90 Å². The first-order valence-corrected chi connectivity index (χ1v) is 14.3. The lowest BCUT2D eigenvalue weighted by Gasteiger charge is -2.26. The van der Waals surface area contributed by atoms with E-state index in [4.69, 9.17) is 4.42 Å². The minimum atomic E-state index is 0.915. The van der Waals surface area contributed by atoms with Gasteiger partial charge >= 0.3 is 0 Å². The zero-order valence-electron chi connectivity index (χ0n) is 22.9. The third-order valence-electron chi connectivity index (χ3n) is 8.07. The molecule has 0 bridgehead atoms. The van der Waals surface area contributed by atoms with Crippen LogP contribution >= 0.6 is 0 Å². The van der Waals surface area contributed by atoms with Gasteiger partial charge in [-0.05, 0) is 76.2 Å². The zero-order valence-corrected chi connectivity index (χ0v) is 22.9. The normalized spacial score (nSPS) is 11.3. The van der Waals surface area contributed by atoms with E-state index in [1.165, 1.54) is 22.3 Å². The summed E-state index contributed by atoms with van der Waals surface area (Å²) in [6, 6.07) is 57.9. The maximum atomic E-state index is 6.39. The molecule has 8 rings (SSSR count). The van der Waals surface area contributed by atoms with E-state index in [9.17, 15) is 0 Å². The number of hydrogen-bond donors (Lipinski definition) is 0. The monoisotopic (exact) mass is 537 g/mol. The van der Waals surface area contributed by atoms with Gasteiger partial charge < -0.3 is 9.32 Å². The molecule has 0 spiro atoms. The molecule has 2 nitrogen and oxygen atoms in total. The molecule has 0 saturated carbocycles. The predicted molar refractivity (Wildman–Crippen MR) is 177 cm³/mol. The van der Waals surface area contributed by atoms with E-state index in [0.29, 0.717) is 0 Å². The molecule has 0 aliphatic rings. The number of fused-ring (bicyclic) bond motifs is 5. The van der Waals surface area contributed by atoms with Gasteiger partial charge in [-0.15, -0.1) is 0 Å². The standard InChI is InChI=1S/C40H27NO/c1-3-9-28(10-4-1)29-15-17-30(18-16-29)31-19-23-34(24-20-31)41(33-11-5-2-6-12-33)35-25-21-32-22-26-37-36-13-7-8-14-39(36)42-40(37)38(32)27-35/h1-27H. The summed E-state index contributed by atoms with van der Waals surface area (Å²) in [5, 5.41) is 4.56. The molecule has 1 aromatic heterocycles. The fourth-order valence-electron chi connectivity index (χ4n) is 5.94. The van der Waals surface area contributed by atoms with Crippen molar-refractivity contribution in [2.24, 2.45) is 0 Å². The van der Waals surface area contributed by atoms with Crippen LogP contribution in [0.4, 0.5) is 17.1 Å².